The molecule has 10 nitrogen and oxygen atoms in total. The van der Waals surface area contributed by atoms with E-state index in [1.807, 2.05) is 19.1 Å². The van der Waals surface area contributed by atoms with Gasteiger partial charge in [0.1, 0.15) is 30.0 Å². The molecule has 0 radical (unpaired) electrons. The van der Waals surface area contributed by atoms with E-state index in [-0.39, 0.29) is 0 Å². The highest BCUT2D eigenvalue weighted by Crippen LogP contribution is 2.28. The van der Waals surface area contributed by atoms with Crippen molar-refractivity contribution >= 4 is 23.6 Å². The van der Waals surface area contributed by atoms with Crippen molar-refractivity contribution in [2.75, 3.05) is 25.6 Å². The molecule has 0 fully saturated rings. The third-order valence-electron chi connectivity index (χ3n) is 5.33. The van der Waals surface area contributed by atoms with E-state index in [0.717, 1.165) is 16.0 Å². The summed E-state index contributed by atoms with van der Waals surface area (Å²) in [5.74, 6) is -0.788. The SMILES string of the molecule is COc1ccc(NC(=O)C(c2ccc(C)cc2C)N(CC#N)C(=O)C(CO)NC(=O)OC(C)(C)C)cc1. The number of benzene rings is 2. The first-order chi connectivity index (χ1) is 17.4. The molecule has 0 saturated carbocycles. The predicted molar refractivity (Wildman–Crippen MR) is 138 cm³/mol. The summed E-state index contributed by atoms with van der Waals surface area (Å²) in [6.45, 7) is 7.43. The van der Waals surface area contributed by atoms with Gasteiger partial charge in [0.2, 0.25) is 5.91 Å². The number of aryl methyl sites for hydroxylation is 2. The Morgan fingerprint density at radius 3 is 2.27 bits per heavy atom. The maximum Gasteiger partial charge on any atom is 0.408 e. The number of methoxy groups -OCH3 is 1. The number of carbonyl (C=O) groups excluding carboxylic acids is 3. The molecule has 0 spiro atoms. The van der Waals surface area contributed by atoms with Crippen LogP contribution >= 0.6 is 0 Å². The number of hydrogen-bond acceptors (Lipinski definition) is 7. The van der Waals surface area contributed by atoms with Crippen LogP contribution in [0.2, 0.25) is 0 Å². The fourth-order valence-electron chi connectivity index (χ4n) is 3.68. The molecule has 198 valence electrons. The Labute approximate surface area is 217 Å². The lowest BCUT2D eigenvalue weighted by Crippen LogP contribution is -2.54. The number of carbonyl (C=O) groups is 3. The highest BCUT2D eigenvalue weighted by Gasteiger charge is 2.37. The van der Waals surface area contributed by atoms with Gasteiger partial charge >= 0.3 is 6.09 Å². The molecule has 2 rings (SSSR count). The molecule has 10 heteroatoms. The molecule has 2 aromatic rings. The van der Waals surface area contributed by atoms with Gasteiger partial charge in [0.05, 0.1) is 19.8 Å². The summed E-state index contributed by atoms with van der Waals surface area (Å²) in [7, 11) is 1.53. The van der Waals surface area contributed by atoms with Crippen LogP contribution in [0.3, 0.4) is 0 Å². The third kappa shape index (κ3) is 8.22. The minimum absolute atomic E-state index is 0.454. The van der Waals surface area contributed by atoms with Gasteiger partial charge in [-0.3, -0.25) is 9.59 Å². The minimum atomic E-state index is -1.44. The number of aliphatic hydroxyl groups is 1. The molecule has 0 heterocycles. The van der Waals surface area contributed by atoms with E-state index in [4.69, 9.17) is 9.47 Å². The van der Waals surface area contributed by atoms with Crippen LogP contribution in [0, 0.1) is 25.2 Å². The Morgan fingerprint density at radius 1 is 1.11 bits per heavy atom. The first-order valence-corrected chi connectivity index (χ1v) is 11.7. The van der Waals surface area contributed by atoms with Crippen LogP contribution < -0.4 is 15.4 Å². The van der Waals surface area contributed by atoms with Gasteiger partial charge in [0.15, 0.2) is 0 Å². The molecule has 0 saturated heterocycles. The molecule has 0 bridgehead atoms. The maximum atomic E-state index is 13.6. The molecule has 2 unspecified atom stereocenters. The molecule has 37 heavy (non-hydrogen) atoms. The summed E-state index contributed by atoms with van der Waals surface area (Å²) in [5, 5.41) is 24.6. The number of nitrogens with one attached hydrogen (secondary N) is 2. The van der Waals surface area contributed by atoms with Crippen molar-refractivity contribution in [2.24, 2.45) is 0 Å². The molecule has 0 aromatic heterocycles. The van der Waals surface area contributed by atoms with Gasteiger partial charge in [-0.25, -0.2) is 4.79 Å². The summed E-state index contributed by atoms with van der Waals surface area (Å²) >= 11 is 0. The zero-order valence-electron chi connectivity index (χ0n) is 22.0. The van der Waals surface area contributed by atoms with Gasteiger partial charge in [0, 0.05) is 5.69 Å². The fourth-order valence-corrected chi connectivity index (χ4v) is 3.68. The summed E-state index contributed by atoms with van der Waals surface area (Å²) < 4.78 is 10.3. The average molecular weight is 511 g/mol. The number of nitrogens with zero attached hydrogens (tertiary/aromatic N) is 2. The Bertz CT molecular complexity index is 1150. The highest BCUT2D eigenvalue weighted by atomic mass is 16.6. The second-order valence-electron chi connectivity index (χ2n) is 9.49. The van der Waals surface area contributed by atoms with Gasteiger partial charge < -0.3 is 30.1 Å². The monoisotopic (exact) mass is 510 g/mol. The molecule has 3 amide bonds. The molecule has 0 aliphatic carbocycles. The lowest BCUT2D eigenvalue weighted by molar-refractivity contribution is -0.140. The fraction of sp³-hybridized carbons (Fsp3) is 0.407. The van der Waals surface area contributed by atoms with Gasteiger partial charge in [0.25, 0.3) is 5.91 Å². The molecular formula is C27H34N4O6. The second-order valence-corrected chi connectivity index (χ2v) is 9.49. The highest BCUT2D eigenvalue weighted by molar-refractivity contribution is 5.99. The number of amides is 3. The largest absolute Gasteiger partial charge is 0.497 e. The lowest BCUT2D eigenvalue weighted by Gasteiger charge is -2.33. The van der Waals surface area contributed by atoms with Crippen LogP contribution in [0.25, 0.3) is 0 Å². The number of hydrogen-bond donors (Lipinski definition) is 3. The van der Waals surface area contributed by atoms with Crippen LogP contribution in [0.5, 0.6) is 5.75 Å². The summed E-state index contributed by atoms with van der Waals surface area (Å²) in [6.07, 6.45) is -0.914. The van der Waals surface area contributed by atoms with Crippen molar-refractivity contribution in [1.29, 1.82) is 5.26 Å². The van der Waals surface area contributed by atoms with Crippen LogP contribution in [-0.2, 0) is 14.3 Å². The first-order valence-electron chi connectivity index (χ1n) is 11.7. The van der Waals surface area contributed by atoms with Gasteiger partial charge in [-0.2, -0.15) is 5.26 Å². The smallest absolute Gasteiger partial charge is 0.408 e. The number of anilines is 1. The van der Waals surface area contributed by atoms with E-state index < -0.39 is 48.7 Å². The molecule has 0 aliphatic rings. The van der Waals surface area contributed by atoms with Gasteiger partial charge in [-0.05, 0) is 70.0 Å². The first kappa shape index (κ1) is 29.1. The zero-order valence-corrected chi connectivity index (χ0v) is 22.0. The molecular weight excluding hydrogens is 476 g/mol. The molecule has 3 N–H and O–H groups in total. The van der Waals surface area contributed by atoms with Crippen molar-refractivity contribution in [1.82, 2.24) is 10.2 Å². The lowest BCUT2D eigenvalue weighted by atomic mass is 9.96. The van der Waals surface area contributed by atoms with Crippen LogP contribution in [-0.4, -0.2) is 59.8 Å². The van der Waals surface area contributed by atoms with Crippen LogP contribution in [0.4, 0.5) is 10.5 Å². The van der Waals surface area contributed by atoms with Crippen molar-refractivity contribution in [3.8, 4) is 11.8 Å². The van der Waals surface area contributed by atoms with Crippen molar-refractivity contribution in [3.05, 3.63) is 59.2 Å². The number of alkyl carbamates (subject to hydrolysis) is 1. The molecule has 2 atom stereocenters. The minimum Gasteiger partial charge on any atom is -0.497 e. The van der Waals surface area contributed by atoms with Crippen LogP contribution in [0.1, 0.15) is 43.5 Å². The van der Waals surface area contributed by atoms with E-state index in [2.05, 4.69) is 10.6 Å². The van der Waals surface area contributed by atoms with Crippen molar-refractivity contribution < 1.29 is 29.0 Å². The Morgan fingerprint density at radius 2 is 1.76 bits per heavy atom. The Hall–Kier alpha value is -4.10. The summed E-state index contributed by atoms with van der Waals surface area (Å²) in [6, 6.07) is 11.3. The molecule has 0 aliphatic heterocycles. The van der Waals surface area contributed by atoms with E-state index in [1.165, 1.54) is 7.11 Å². The maximum absolute atomic E-state index is 13.6. The second kappa shape index (κ2) is 12.7. The van der Waals surface area contributed by atoms with E-state index in [0.29, 0.717) is 17.0 Å². The quantitative estimate of drug-likeness (QED) is 0.440. The number of nitriles is 1. The number of ether oxygens (including phenoxy) is 2. The van der Waals surface area contributed by atoms with E-state index in [9.17, 15) is 24.8 Å². The Balaban J connectivity index is 2.48. The van der Waals surface area contributed by atoms with Crippen molar-refractivity contribution in [3.63, 3.8) is 0 Å². The summed E-state index contributed by atoms with van der Waals surface area (Å²) in [4.78, 5) is 40.5. The molecule has 2 aromatic carbocycles. The Kier molecular flexibility index (Phi) is 10.0. The standard InChI is InChI=1S/C27H34N4O6/c1-17-7-12-21(18(2)15-17)23(24(33)29-19-8-10-20(36-6)11-9-19)31(14-13-28)25(34)22(16-32)30-26(35)37-27(3,4)5/h7-12,15,22-23,32H,14,16H2,1-6H3,(H,29,33)(H,30,35). The average Bonchev–Trinajstić information content (AvgIpc) is 2.82. The third-order valence-corrected chi connectivity index (χ3v) is 5.33. The number of rotatable bonds is 9. The summed E-state index contributed by atoms with van der Waals surface area (Å²) in [5.41, 5.74) is 1.80. The van der Waals surface area contributed by atoms with Crippen LogP contribution in [0.15, 0.2) is 42.5 Å². The normalized spacial score (nSPS) is 12.5. The van der Waals surface area contributed by atoms with Crippen molar-refractivity contribution in [2.45, 2.75) is 52.3 Å². The zero-order chi connectivity index (χ0) is 27.8. The van der Waals surface area contributed by atoms with Gasteiger partial charge in [-0.15, -0.1) is 0 Å². The topological polar surface area (TPSA) is 141 Å². The number of aliphatic hydroxyl groups excluding tert-OH is 1. The predicted octanol–water partition coefficient (Wildman–Crippen LogP) is 3.23. The van der Waals surface area contributed by atoms with E-state index >= 15 is 0 Å². The van der Waals surface area contributed by atoms with E-state index in [1.54, 1.807) is 64.1 Å². The van der Waals surface area contributed by atoms with Gasteiger partial charge in [-0.1, -0.05) is 23.8 Å².